The van der Waals surface area contributed by atoms with Gasteiger partial charge in [-0.05, 0) is 89.3 Å². The second-order valence-corrected chi connectivity index (χ2v) is 13.9. The Balaban J connectivity index is 1.34. The van der Waals surface area contributed by atoms with Crippen molar-refractivity contribution >= 4 is 76.5 Å². The first-order valence-electron chi connectivity index (χ1n) is 15.1. The van der Waals surface area contributed by atoms with Gasteiger partial charge >= 0.3 is 0 Å². The molecule has 0 aliphatic heterocycles. The van der Waals surface area contributed by atoms with Crippen LogP contribution >= 0.6 is 0 Å². The van der Waals surface area contributed by atoms with Gasteiger partial charge in [0, 0.05) is 12.1 Å². The molecular weight excluding hydrogens is 745 g/mol. The molecule has 18 nitrogen and oxygen atoms in total. The van der Waals surface area contributed by atoms with Crippen LogP contribution in [0.3, 0.4) is 0 Å². The molecule has 0 radical (unpaired) electrons. The van der Waals surface area contributed by atoms with Gasteiger partial charge in [0.25, 0.3) is 5.69 Å². The van der Waals surface area contributed by atoms with Crippen LogP contribution in [-0.2, 0) is 20.2 Å². The van der Waals surface area contributed by atoms with Crippen molar-refractivity contribution in [1.29, 1.82) is 0 Å². The lowest BCUT2D eigenvalue weighted by molar-refractivity contribution is -0.384. The smallest absolute Gasteiger partial charge is 0.269 e. The number of benzene rings is 6. The first kappa shape index (κ1) is 36.8. The van der Waals surface area contributed by atoms with Crippen molar-refractivity contribution in [2.75, 3.05) is 5.73 Å². The van der Waals surface area contributed by atoms with E-state index < -0.39 is 68.5 Å². The van der Waals surface area contributed by atoms with Gasteiger partial charge in [0.2, 0.25) is 0 Å². The van der Waals surface area contributed by atoms with Crippen molar-refractivity contribution in [3.8, 4) is 22.6 Å². The highest BCUT2D eigenvalue weighted by Gasteiger charge is 2.24. The number of nitrogens with zero attached hydrogens (tertiary/aromatic N) is 7. The predicted molar refractivity (Wildman–Crippen MR) is 192 cm³/mol. The maximum atomic E-state index is 12.3. The van der Waals surface area contributed by atoms with E-state index in [0.717, 1.165) is 23.3 Å². The van der Waals surface area contributed by atoms with Crippen LogP contribution in [0.25, 0.3) is 21.9 Å². The molecular formula is C34H22N8O10S2-2. The number of phenolic OH excluding ortho intramolecular Hbond substituents is 2. The fraction of sp³-hybridized carbons (Fsp3) is 0. The highest BCUT2D eigenvalue weighted by molar-refractivity contribution is 7.86. The van der Waals surface area contributed by atoms with E-state index in [1.165, 1.54) is 36.4 Å². The van der Waals surface area contributed by atoms with E-state index in [9.17, 15) is 46.3 Å². The lowest BCUT2D eigenvalue weighted by Gasteiger charge is -2.18. The summed E-state index contributed by atoms with van der Waals surface area (Å²) in [6.07, 6.45) is 0. The number of nitro benzene ring substituents is 1. The van der Waals surface area contributed by atoms with Gasteiger partial charge in [-0.25, -0.2) is 16.8 Å². The number of fused-ring (bicyclic) bond motifs is 1. The summed E-state index contributed by atoms with van der Waals surface area (Å²) in [5, 5.41) is 54.4. The maximum absolute atomic E-state index is 12.3. The van der Waals surface area contributed by atoms with E-state index in [1.807, 2.05) is 0 Å². The van der Waals surface area contributed by atoms with Crippen molar-refractivity contribution in [2.24, 2.45) is 30.7 Å². The van der Waals surface area contributed by atoms with Crippen LogP contribution in [0.4, 0.5) is 45.5 Å². The summed E-state index contributed by atoms with van der Waals surface area (Å²) in [7, 11) is -10.8. The van der Waals surface area contributed by atoms with E-state index in [0.29, 0.717) is 23.5 Å². The van der Waals surface area contributed by atoms with Gasteiger partial charge in [-0.2, -0.15) is 20.5 Å². The third-order valence-electron chi connectivity index (χ3n) is 7.64. The van der Waals surface area contributed by atoms with Crippen LogP contribution < -0.4 is 5.73 Å². The number of hydrogen-bond donors (Lipinski definition) is 3. The van der Waals surface area contributed by atoms with Gasteiger partial charge in [-0.1, -0.05) is 24.3 Å². The van der Waals surface area contributed by atoms with Gasteiger partial charge in [-0.15, -0.1) is 10.2 Å². The molecule has 4 N–H and O–H groups in total. The largest absolute Gasteiger partial charge is 0.744 e. The van der Waals surface area contributed by atoms with Gasteiger partial charge in [0.05, 0.1) is 48.5 Å². The molecule has 0 fully saturated rings. The fourth-order valence-electron chi connectivity index (χ4n) is 5.02. The van der Waals surface area contributed by atoms with Gasteiger partial charge < -0.3 is 25.1 Å². The van der Waals surface area contributed by atoms with Crippen molar-refractivity contribution in [2.45, 2.75) is 9.79 Å². The Hall–Kier alpha value is -7.00. The number of phenols is 2. The number of aromatic hydroxyl groups is 2. The second-order valence-electron chi connectivity index (χ2n) is 11.2. The topological polar surface area (TPSA) is 298 Å². The molecule has 0 aromatic heterocycles. The number of azo groups is 3. The molecule has 0 aliphatic rings. The SMILES string of the molecule is Nc1c(N=Nc2ccc([N+](=O)[O-])cc2)c(S(=O)(=O)[O-])cc2cc(S(=O)(=O)[O-])c(N=Nc3ccc(-c4ccc(N=Nc5ccc(O)cc5)cc4)cc3)c(O)c12. The number of nitro groups is 1. The molecule has 0 unspecified atom stereocenters. The fourth-order valence-corrected chi connectivity index (χ4v) is 6.33. The molecule has 54 heavy (non-hydrogen) atoms. The third kappa shape index (κ3) is 8.05. The lowest BCUT2D eigenvalue weighted by Crippen LogP contribution is -2.04. The summed E-state index contributed by atoms with van der Waals surface area (Å²) in [6, 6.07) is 25.6. The van der Waals surface area contributed by atoms with Crippen LogP contribution in [0.2, 0.25) is 0 Å². The molecule has 0 bridgehead atoms. The molecule has 0 saturated heterocycles. The van der Waals surface area contributed by atoms with E-state index in [-0.39, 0.29) is 22.8 Å². The van der Waals surface area contributed by atoms with Crippen LogP contribution in [-0.4, -0.2) is 41.1 Å². The highest BCUT2D eigenvalue weighted by Crippen LogP contribution is 2.48. The molecule has 6 aromatic carbocycles. The summed E-state index contributed by atoms with van der Waals surface area (Å²) in [6.45, 7) is 0. The Morgan fingerprint density at radius 2 is 0.926 bits per heavy atom. The average Bonchev–Trinajstić information content (AvgIpc) is 3.13. The van der Waals surface area contributed by atoms with E-state index in [4.69, 9.17) is 5.73 Å². The van der Waals surface area contributed by atoms with Gasteiger partial charge in [0.1, 0.15) is 37.4 Å². The quantitative estimate of drug-likeness (QED) is 0.0390. The molecule has 0 amide bonds. The Labute approximate surface area is 305 Å². The summed E-state index contributed by atoms with van der Waals surface area (Å²) in [5.41, 5.74) is 6.54. The van der Waals surface area contributed by atoms with Crippen LogP contribution in [0.15, 0.2) is 150 Å². The molecule has 6 rings (SSSR count). The Kier molecular flexibility index (Phi) is 9.91. The lowest BCUT2D eigenvalue weighted by atomic mass is 10.0. The zero-order valence-corrected chi connectivity index (χ0v) is 28.7. The summed E-state index contributed by atoms with van der Waals surface area (Å²) in [5.74, 6) is -0.886. The van der Waals surface area contributed by atoms with E-state index in [2.05, 4.69) is 30.7 Å². The molecule has 0 heterocycles. The number of non-ortho nitro benzene ring substituents is 1. The normalized spacial score (nSPS) is 12.3. The Morgan fingerprint density at radius 3 is 1.35 bits per heavy atom. The van der Waals surface area contributed by atoms with Crippen molar-refractivity contribution in [3.63, 3.8) is 0 Å². The number of nitrogens with two attached hydrogens (primary N) is 1. The third-order valence-corrected chi connectivity index (χ3v) is 9.34. The molecule has 20 heteroatoms. The van der Waals surface area contributed by atoms with Crippen molar-refractivity contribution in [3.05, 3.63) is 119 Å². The predicted octanol–water partition coefficient (Wildman–Crippen LogP) is 8.46. The molecule has 0 aliphatic carbocycles. The van der Waals surface area contributed by atoms with Crippen LogP contribution in [0, 0.1) is 10.1 Å². The zero-order chi connectivity index (χ0) is 38.8. The monoisotopic (exact) mass is 766 g/mol. The zero-order valence-electron chi connectivity index (χ0n) is 27.1. The number of hydrogen-bond acceptors (Lipinski definition) is 17. The molecule has 6 aromatic rings. The van der Waals surface area contributed by atoms with Crippen molar-refractivity contribution < 1.29 is 41.1 Å². The minimum Gasteiger partial charge on any atom is -0.744 e. The highest BCUT2D eigenvalue weighted by atomic mass is 32.2. The van der Waals surface area contributed by atoms with Gasteiger partial charge in [-0.3, -0.25) is 10.1 Å². The second kappa shape index (κ2) is 14.6. The van der Waals surface area contributed by atoms with E-state index in [1.54, 1.807) is 48.5 Å². The first-order valence-corrected chi connectivity index (χ1v) is 17.9. The minimum absolute atomic E-state index is 0.00248. The molecule has 0 atom stereocenters. The number of anilines is 1. The maximum Gasteiger partial charge on any atom is 0.269 e. The van der Waals surface area contributed by atoms with Crippen LogP contribution in [0.5, 0.6) is 11.5 Å². The molecule has 0 saturated carbocycles. The Morgan fingerprint density at radius 1 is 0.556 bits per heavy atom. The average molecular weight is 767 g/mol. The standard InChI is InChI=1S/C34H24N8O10S2/c35-31-30-21(17-28(53(47,48)49)32(31)40-38-24-9-13-26(14-10-24)42(45)46)18-29(54(50,51)52)33(34(30)44)41-39-23-7-3-20(4-8-23)19-1-5-22(6-2-19)36-37-25-11-15-27(43)16-12-25/h1-18,43-44H,35H2,(H,47,48,49)(H,50,51,52)/p-2. The minimum atomic E-state index is -5.39. The number of rotatable bonds is 10. The number of nitrogen functional groups attached to an aromatic ring is 1. The van der Waals surface area contributed by atoms with Crippen molar-refractivity contribution in [1.82, 2.24) is 0 Å². The first-order chi connectivity index (χ1) is 25.6. The molecule has 0 spiro atoms. The molecule has 272 valence electrons. The van der Waals surface area contributed by atoms with Crippen LogP contribution in [0.1, 0.15) is 0 Å². The van der Waals surface area contributed by atoms with Gasteiger partial charge in [0.15, 0.2) is 5.75 Å². The summed E-state index contributed by atoms with van der Waals surface area (Å²) < 4.78 is 73.5. The summed E-state index contributed by atoms with van der Waals surface area (Å²) >= 11 is 0. The summed E-state index contributed by atoms with van der Waals surface area (Å²) in [4.78, 5) is 8.13. The Bertz CT molecular complexity index is 2740. The van der Waals surface area contributed by atoms with E-state index >= 15 is 0 Å².